The predicted molar refractivity (Wildman–Crippen MR) is 141 cm³/mol. The molecule has 9 heteroatoms. The van der Waals surface area contributed by atoms with E-state index in [9.17, 15) is 14.7 Å². The fourth-order valence-electron chi connectivity index (χ4n) is 5.76. The Morgan fingerprint density at radius 1 is 1.24 bits per heavy atom. The fourth-order valence-corrected chi connectivity index (χ4v) is 5.76. The van der Waals surface area contributed by atoms with Gasteiger partial charge >= 0.3 is 5.97 Å². The average molecular weight is 512 g/mol. The van der Waals surface area contributed by atoms with E-state index in [-0.39, 0.29) is 24.4 Å². The van der Waals surface area contributed by atoms with Crippen LogP contribution >= 0.6 is 0 Å². The van der Waals surface area contributed by atoms with Crippen LogP contribution in [0.4, 0.5) is 0 Å². The Kier molecular flexibility index (Phi) is 9.57. The van der Waals surface area contributed by atoms with Gasteiger partial charge in [0, 0.05) is 57.0 Å². The number of likely N-dealkylation sites (tertiary alicyclic amines) is 1. The maximum absolute atomic E-state index is 13.5. The van der Waals surface area contributed by atoms with Gasteiger partial charge in [-0.1, -0.05) is 25.5 Å². The molecule has 0 saturated carbocycles. The molecule has 1 aromatic heterocycles. The summed E-state index contributed by atoms with van der Waals surface area (Å²) >= 11 is 0. The van der Waals surface area contributed by atoms with Crippen molar-refractivity contribution in [2.45, 2.75) is 64.0 Å². The van der Waals surface area contributed by atoms with Crippen molar-refractivity contribution < 1.29 is 19.4 Å². The van der Waals surface area contributed by atoms with Gasteiger partial charge in [0.05, 0.1) is 25.4 Å². The van der Waals surface area contributed by atoms with Crippen LogP contribution in [0, 0.1) is 5.92 Å². The Balaban J connectivity index is 1.56. The first-order valence-corrected chi connectivity index (χ1v) is 13.7. The first-order valence-electron chi connectivity index (χ1n) is 13.7. The van der Waals surface area contributed by atoms with E-state index in [1.807, 2.05) is 27.8 Å². The van der Waals surface area contributed by atoms with Crippen LogP contribution in [-0.2, 0) is 22.6 Å². The molecule has 9 nitrogen and oxygen atoms in total. The second kappa shape index (κ2) is 13.1. The molecule has 202 valence electrons. The maximum Gasteiger partial charge on any atom is 0.308 e. The number of nitrogens with zero attached hydrogens (tertiary/aromatic N) is 4. The molecule has 1 aromatic carbocycles. The molecule has 1 saturated heterocycles. The number of hydrogen-bond donors (Lipinski definition) is 2. The molecule has 0 unspecified atom stereocenters. The van der Waals surface area contributed by atoms with Crippen LogP contribution in [0.5, 0.6) is 5.75 Å². The normalized spacial score (nSPS) is 21.1. The number of aliphatic carboxylic acids is 1. The molecule has 1 fully saturated rings. The smallest absolute Gasteiger partial charge is 0.308 e. The molecule has 0 aliphatic carbocycles. The highest BCUT2D eigenvalue weighted by Gasteiger charge is 2.47. The number of hydrogen-bond acceptors (Lipinski definition) is 6. The van der Waals surface area contributed by atoms with Crippen molar-refractivity contribution in [3.63, 3.8) is 0 Å². The Hall–Kier alpha value is -2.91. The van der Waals surface area contributed by atoms with E-state index in [0.29, 0.717) is 39.2 Å². The summed E-state index contributed by atoms with van der Waals surface area (Å²) in [5.74, 6) is -0.631. The number of carboxylic acid groups (broad SMARTS) is 1. The Labute approximate surface area is 219 Å². The summed E-state index contributed by atoms with van der Waals surface area (Å²) in [5.41, 5.74) is 7.84. The highest BCUT2D eigenvalue weighted by molar-refractivity contribution is 5.79. The summed E-state index contributed by atoms with van der Waals surface area (Å²) < 4.78 is 7.64. The third kappa shape index (κ3) is 6.70. The lowest BCUT2D eigenvalue weighted by Gasteiger charge is -2.30. The highest BCUT2D eigenvalue weighted by atomic mass is 16.5. The largest absolute Gasteiger partial charge is 0.493 e. The minimum atomic E-state index is -0.807. The number of aryl methyl sites for hydroxylation is 1. The van der Waals surface area contributed by atoms with Gasteiger partial charge in [0.1, 0.15) is 5.75 Å². The van der Waals surface area contributed by atoms with Gasteiger partial charge in [-0.15, -0.1) is 0 Å². The maximum atomic E-state index is 13.5. The third-order valence-electron chi connectivity index (χ3n) is 7.77. The number of carbonyl (C=O) groups is 2. The molecule has 0 bridgehead atoms. The lowest BCUT2D eigenvalue weighted by atomic mass is 9.83. The van der Waals surface area contributed by atoms with Gasteiger partial charge < -0.3 is 25.0 Å². The zero-order chi connectivity index (χ0) is 26.2. The van der Waals surface area contributed by atoms with Crippen molar-refractivity contribution >= 4 is 11.9 Å². The van der Waals surface area contributed by atoms with Crippen LogP contribution in [-0.4, -0.2) is 81.7 Å². The molecular weight excluding hydrogens is 470 g/mol. The van der Waals surface area contributed by atoms with E-state index in [0.717, 1.165) is 55.5 Å². The topological polar surface area (TPSA) is 114 Å². The molecule has 2 aliphatic heterocycles. The molecule has 3 atom stereocenters. The standard InChI is InChI=1S/C28H41N5O4/c1-2-3-12-32(13-5-4-10-29)26(34)19-33-18-23(21-6-7-25-22(17-21)9-16-37-25)27(28(35)36)24(33)8-14-31-15-11-30-20-31/h6-7,11,15,17,20,23-24,27H,2-5,8-10,12-14,16,18-19,29H2,1H3,(H,35,36)/t23-,24+,27-/m1/s1. The van der Waals surface area contributed by atoms with Crippen LogP contribution in [0.15, 0.2) is 36.9 Å². The molecule has 0 spiro atoms. The van der Waals surface area contributed by atoms with Crippen molar-refractivity contribution in [3.05, 3.63) is 48.0 Å². The van der Waals surface area contributed by atoms with Crippen molar-refractivity contribution in [1.29, 1.82) is 0 Å². The summed E-state index contributed by atoms with van der Waals surface area (Å²) in [4.78, 5) is 34.4. The van der Waals surface area contributed by atoms with Crippen molar-refractivity contribution in [1.82, 2.24) is 19.4 Å². The van der Waals surface area contributed by atoms with Gasteiger partial charge in [0.15, 0.2) is 0 Å². The first kappa shape index (κ1) is 27.1. The molecule has 1 amide bonds. The quantitative estimate of drug-likeness (QED) is 0.375. The summed E-state index contributed by atoms with van der Waals surface area (Å²) in [6, 6.07) is 5.83. The summed E-state index contributed by atoms with van der Waals surface area (Å²) in [7, 11) is 0. The lowest BCUT2D eigenvalue weighted by molar-refractivity contribution is -0.144. The van der Waals surface area contributed by atoms with Crippen LogP contribution in [0.3, 0.4) is 0 Å². The second-order valence-corrected chi connectivity index (χ2v) is 10.3. The summed E-state index contributed by atoms with van der Waals surface area (Å²) in [6.07, 6.45) is 10.6. The van der Waals surface area contributed by atoms with E-state index in [2.05, 4.69) is 22.9 Å². The molecule has 37 heavy (non-hydrogen) atoms. The van der Waals surface area contributed by atoms with Crippen molar-refractivity contribution in [3.8, 4) is 5.75 Å². The third-order valence-corrected chi connectivity index (χ3v) is 7.77. The second-order valence-electron chi connectivity index (χ2n) is 10.3. The SMILES string of the molecule is CCCCN(CCCCN)C(=O)CN1C[C@H](c2ccc3c(c2)CCO3)[C@@H](C(=O)O)[C@@H]1CCn1ccnc1. The van der Waals surface area contributed by atoms with E-state index < -0.39 is 11.9 Å². The number of carbonyl (C=O) groups excluding carboxylic acids is 1. The van der Waals surface area contributed by atoms with Crippen molar-refractivity contribution in [2.75, 3.05) is 39.3 Å². The van der Waals surface area contributed by atoms with Gasteiger partial charge in [-0.05, 0) is 49.4 Å². The van der Waals surface area contributed by atoms with E-state index in [4.69, 9.17) is 10.5 Å². The van der Waals surface area contributed by atoms with Gasteiger partial charge in [0.2, 0.25) is 5.91 Å². The van der Waals surface area contributed by atoms with E-state index in [1.54, 1.807) is 12.5 Å². The number of rotatable bonds is 14. The molecule has 4 rings (SSSR count). The zero-order valence-electron chi connectivity index (χ0n) is 21.9. The minimum Gasteiger partial charge on any atom is -0.493 e. The summed E-state index contributed by atoms with van der Waals surface area (Å²) in [5, 5.41) is 10.4. The van der Waals surface area contributed by atoms with Crippen LogP contribution < -0.4 is 10.5 Å². The molecule has 2 aliphatic rings. The highest BCUT2D eigenvalue weighted by Crippen LogP contribution is 2.41. The van der Waals surface area contributed by atoms with Gasteiger partial charge in [-0.25, -0.2) is 4.98 Å². The zero-order valence-corrected chi connectivity index (χ0v) is 21.9. The minimum absolute atomic E-state index is 0.0743. The first-order chi connectivity index (χ1) is 18.0. The molecule has 2 aromatic rings. The average Bonchev–Trinajstić information content (AvgIpc) is 3.64. The van der Waals surface area contributed by atoms with Crippen molar-refractivity contribution in [2.24, 2.45) is 11.7 Å². The number of nitrogens with two attached hydrogens (primary N) is 1. The number of imidazole rings is 1. The Bertz CT molecular complexity index is 1030. The van der Waals surface area contributed by atoms with Gasteiger partial charge in [-0.2, -0.15) is 0 Å². The van der Waals surface area contributed by atoms with Crippen LogP contribution in [0.2, 0.25) is 0 Å². The predicted octanol–water partition coefficient (Wildman–Crippen LogP) is 2.74. The van der Waals surface area contributed by atoms with E-state index in [1.165, 1.54) is 0 Å². The Morgan fingerprint density at radius 3 is 2.81 bits per heavy atom. The Morgan fingerprint density at radius 2 is 2.08 bits per heavy atom. The fraction of sp³-hybridized carbons (Fsp3) is 0.607. The molecule has 0 radical (unpaired) electrons. The monoisotopic (exact) mass is 511 g/mol. The number of aromatic nitrogens is 2. The molecular formula is C28H41N5O4. The molecule has 3 N–H and O–H groups in total. The number of ether oxygens (including phenoxy) is 1. The number of fused-ring (bicyclic) bond motifs is 1. The van der Waals surface area contributed by atoms with Gasteiger partial charge in [-0.3, -0.25) is 14.5 Å². The van der Waals surface area contributed by atoms with Crippen LogP contribution in [0.1, 0.15) is 56.1 Å². The molecule has 3 heterocycles. The van der Waals surface area contributed by atoms with Gasteiger partial charge in [0.25, 0.3) is 0 Å². The lowest BCUT2D eigenvalue weighted by Crippen LogP contribution is -2.45. The number of amides is 1. The summed E-state index contributed by atoms with van der Waals surface area (Å²) in [6.45, 7) is 6.25. The number of carboxylic acids is 1. The number of unbranched alkanes of at least 4 members (excludes halogenated alkanes) is 2. The van der Waals surface area contributed by atoms with E-state index >= 15 is 0 Å². The van der Waals surface area contributed by atoms with Crippen LogP contribution in [0.25, 0.3) is 0 Å². The number of benzene rings is 1.